The first-order valence-electron chi connectivity index (χ1n) is 7.94. The van der Waals surface area contributed by atoms with E-state index in [2.05, 4.69) is 0 Å². The van der Waals surface area contributed by atoms with Gasteiger partial charge in [-0.25, -0.2) is 4.39 Å². The van der Waals surface area contributed by atoms with Gasteiger partial charge >= 0.3 is 11.9 Å². The van der Waals surface area contributed by atoms with Gasteiger partial charge in [0.1, 0.15) is 5.75 Å². The minimum absolute atomic E-state index is 0.0172. The van der Waals surface area contributed by atoms with Crippen molar-refractivity contribution in [3.8, 4) is 11.5 Å². The van der Waals surface area contributed by atoms with Crippen molar-refractivity contribution >= 4 is 23.5 Å². The van der Waals surface area contributed by atoms with Crippen LogP contribution in [0.4, 0.5) is 4.39 Å². The Morgan fingerprint density at radius 1 is 1.04 bits per heavy atom. The highest BCUT2D eigenvalue weighted by Crippen LogP contribution is 2.27. The zero-order valence-corrected chi connectivity index (χ0v) is 14.5. The highest BCUT2D eigenvalue weighted by molar-refractivity contribution is 6.32. The highest BCUT2D eigenvalue weighted by atomic mass is 35.5. The van der Waals surface area contributed by atoms with Crippen molar-refractivity contribution in [3.63, 3.8) is 0 Å². The van der Waals surface area contributed by atoms with E-state index in [9.17, 15) is 14.0 Å². The smallest absolute Gasteiger partial charge is 0.311 e. The van der Waals surface area contributed by atoms with Crippen molar-refractivity contribution in [1.82, 2.24) is 0 Å². The second-order valence-electron chi connectivity index (χ2n) is 5.35. The first-order valence-corrected chi connectivity index (χ1v) is 8.31. The van der Waals surface area contributed by atoms with Crippen LogP contribution >= 0.6 is 11.6 Å². The van der Waals surface area contributed by atoms with Crippen molar-refractivity contribution in [2.45, 2.75) is 32.6 Å². The van der Waals surface area contributed by atoms with E-state index in [0.717, 1.165) is 18.1 Å². The lowest BCUT2D eigenvalue weighted by Gasteiger charge is -2.07. The third kappa shape index (κ3) is 5.87. The Bertz CT molecular complexity index is 741. The summed E-state index contributed by atoms with van der Waals surface area (Å²) >= 11 is 5.78. The monoisotopic (exact) mass is 364 g/mol. The van der Waals surface area contributed by atoms with Crippen LogP contribution in [0.25, 0.3) is 0 Å². The molecule has 0 fully saturated rings. The first kappa shape index (κ1) is 18.9. The molecule has 0 radical (unpaired) electrons. The SMILES string of the molecule is CCc1cccc(OC(=O)CCCC(=O)Oc2c(F)cccc2Cl)c1. The van der Waals surface area contributed by atoms with E-state index < -0.39 is 17.8 Å². The van der Waals surface area contributed by atoms with Gasteiger partial charge in [-0.1, -0.05) is 36.7 Å². The maximum atomic E-state index is 13.5. The lowest BCUT2D eigenvalue weighted by atomic mass is 10.2. The third-order valence-corrected chi connectivity index (χ3v) is 3.73. The Balaban J connectivity index is 1.78. The van der Waals surface area contributed by atoms with Crippen LogP contribution in [0, 0.1) is 5.82 Å². The molecule has 2 rings (SSSR count). The number of rotatable bonds is 7. The summed E-state index contributed by atoms with van der Waals surface area (Å²) in [6.45, 7) is 2.01. The molecule has 4 nitrogen and oxygen atoms in total. The molecule has 2 aromatic carbocycles. The average molecular weight is 365 g/mol. The van der Waals surface area contributed by atoms with Gasteiger partial charge in [-0.3, -0.25) is 9.59 Å². The van der Waals surface area contributed by atoms with Gasteiger partial charge in [0.25, 0.3) is 0 Å². The van der Waals surface area contributed by atoms with Crippen molar-refractivity contribution in [1.29, 1.82) is 0 Å². The van der Waals surface area contributed by atoms with Gasteiger partial charge in [0.2, 0.25) is 0 Å². The molecule has 25 heavy (non-hydrogen) atoms. The standard InChI is InChI=1S/C19H18ClFO4/c1-2-13-6-3-7-14(12-13)24-17(22)10-5-11-18(23)25-19-15(20)8-4-9-16(19)21/h3-4,6-9,12H,2,5,10-11H2,1H3. The molecular formula is C19H18ClFO4. The lowest BCUT2D eigenvalue weighted by molar-refractivity contribution is -0.136. The van der Waals surface area contributed by atoms with Crippen molar-refractivity contribution in [2.24, 2.45) is 0 Å². The second-order valence-corrected chi connectivity index (χ2v) is 5.76. The predicted octanol–water partition coefficient (Wildman–Crippen LogP) is 4.72. The molecule has 0 saturated heterocycles. The molecule has 0 amide bonds. The summed E-state index contributed by atoms with van der Waals surface area (Å²) in [7, 11) is 0. The largest absolute Gasteiger partial charge is 0.427 e. The number of carbonyl (C=O) groups is 2. The fourth-order valence-corrected chi connectivity index (χ4v) is 2.33. The maximum Gasteiger partial charge on any atom is 0.311 e. The van der Waals surface area contributed by atoms with Crippen LogP contribution in [-0.4, -0.2) is 11.9 Å². The number of aryl methyl sites for hydroxylation is 1. The Kier molecular flexibility index (Phi) is 6.95. The average Bonchev–Trinajstić information content (AvgIpc) is 2.58. The molecule has 0 aliphatic rings. The van der Waals surface area contributed by atoms with Crippen molar-refractivity contribution < 1.29 is 23.5 Å². The molecule has 0 bridgehead atoms. The second kappa shape index (κ2) is 9.18. The molecule has 0 unspecified atom stereocenters. The molecular weight excluding hydrogens is 347 g/mol. The first-order chi connectivity index (χ1) is 12.0. The summed E-state index contributed by atoms with van der Waals surface area (Å²) in [5.74, 6) is -1.63. The number of para-hydroxylation sites is 1. The van der Waals surface area contributed by atoms with Crippen LogP contribution in [-0.2, 0) is 16.0 Å². The fourth-order valence-electron chi connectivity index (χ4n) is 2.13. The Labute approximate surface area is 150 Å². The number of esters is 2. The zero-order valence-electron chi connectivity index (χ0n) is 13.8. The van der Waals surface area contributed by atoms with Crippen LogP contribution in [0.1, 0.15) is 31.7 Å². The lowest BCUT2D eigenvalue weighted by Crippen LogP contribution is -2.12. The van der Waals surface area contributed by atoms with Crippen LogP contribution in [0.15, 0.2) is 42.5 Å². The zero-order chi connectivity index (χ0) is 18.2. The van der Waals surface area contributed by atoms with E-state index in [0.29, 0.717) is 5.75 Å². The molecule has 0 atom stereocenters. The Morgan fingerprint density at radius 3 is 2.40 bits per heavy atom. The maximum absolute atomic E-state index is 13.5. The summed E-state index contributed by atoms with van der Waals surface area (Å²) in [5, 5.41) is 0.0172. The van der Waals surface area contributed by atoms with E-state index in [1.165, 1.54) is 12.1 Å². The molecule has 132 valence electrons. The Hall–Kier alpha value is -2.40. The van der Waals surface area contributed by atoms with Crippen molar-refractivity contribution in [2.75, 3.05) is 0 Å². The molecule has 0 spiro atoms. The van der Waals surface area contributed by atoms with Gasteiger partial charge < -0.3 is 9.47 Å². The molecule has 0 heterocycles. The van der Waals surface area contributed by atoms with Crippen molar-refractivity contribution in [3.05, 3.63) is 58.9 Å². The molecule has 6 heteroatoms. The minimum atomic E-state index is -0.712. The summed E-state index contributed by atoms with van der Waals surface area (Å²) in [4.78, 5) is 23.5. The topological polar surface area (TPSA) is 52.6 Å². The van der Waals surface area contributed by atoms with Gasteiger partial charge in [0.15, 0.2) is 11.6 Å². The third-order valence-electron chi connectivity index (χ3n) is 3.44. The normalized spacial score (nSPS) is 10.4. The van der Waals surface area contributed by atoms with E-state index in [1.807, 2.05) is 19.1 Å². The minimum Gasteiger partial charge on any atom is -0.427 e. The summed E-state index contributed by atoms with van der Waals surface area (Å²) < 4.78 is 23.7. The summed E-state index contributed by atoms with van der Waals surface area (Å²) in [5.41, 5.74) is 1.07. The van der Waals surface area contributed by atoms with Gasteiger partial charge in [0, 0.05) is 12.8 Å². The van der Waals surface area contributed by atoms with Gasteiger partial charge in [-0.15, -0.1) is 0 Å². The number of benzene rings is 2. The van der Waals surface area contributed by atoms with Crippen LogP contribution < -0.4 is 9.47 Å². The summed E-state index contributed by atoms with van der Waals surface area (Å²) in [6.07, 6.45) is 1.08. The quantitative estimate of drug-likeness (QED) is 0.526. The number of halogens is 2. The molecule has 0 saturated carbocycles. The fraction of sp³-hybridized carbons (Fsp3) is 0.263. The van der Waals surface area contributed by atoms with E-state index in [1.54, 1.807) is 12.1 Å². The molecule has 0 aliphatic heterocycles. The molecule has 0 aromatic heterocycles. The summed E-state index contributed by atoms with van der Waals surface area (Å²) in [6, 6.07) is 11.2. The van der Waals surface area contributed by atoms with Gasteiger partial charge in [-0.05, 0) is 42.7 Å². The Morgan fingerprint density at radius 2 is 1.72 bits per heavy atom. The van der Waals surface area contributed by atoms with Gasteiger partial charge in [-0.2, -0.15) is 0 Å². The van der Waals surface area contributed by atoms with E-state index in [-0.39, 0.29) is 30.0 Å². The molecule has 0 aliphatic carbocycles. The number of ether oxygens (including phenoxy) is 2. The van der Waals surface area contributed by atoms with Crippen LogP contribution in [0.2, 0.25) is 5.02 Å². The van der Waals surface area contributed by atoms with Crippen LogP contribution in [0.5, 0.6) is 11.5 Å². The highest BCUT2D eigenvalue weighted by Gasteiger charge is 2.14. The molecule has 0 N–H and O–H groups in total. The van der Waals surface area contributed by atoms with E-state index >= 15 is 0 Å². The molecule has 2 aromatic rings. The number of hydrogen-bond acceptors (Lipinski definition) is 4. The number of hydrogen-bond donors (Lipinski definition) is 0. The van der Waals surface area contributed by atoms with E-state index in [4.69, 9.17) is 21.1 Å². The van der Waals surface area contributed by atoms with Gasteiger partial charge in [0.05, 0.1) is 5.02 Å². The number of carbonyl (C=O) groups excluding carboxylic acids is 2. The predicted molar refractivity (Wildman–Crippen MR) is 92.4 cm³/mol. The van der Waals surface area contributed by atoms with Crippen LogP contribution in [0.3, 0.4) is 0 Å².